The molecule has 2 aromatic carbocycles. The van der Waals surface area contributed by atoms with E-state index in [4.69, 9.17) is 4.98 Å². The van der Waals surface area contributed by atoms with Crippen LogP contribution in [0.15, 0.2) is 54.6 Å². The van der Waals surface area contributed by atoms with Crippen LogP contribution in [0.1, 0.15) is 18.2 Å². The molecule has 2 heterocycles. The van der Waals surface area contributed by atoms with Gasteiger partial charge in [-0.25, -0.2) is 4.98 Å². The highest BCUT2D eigenvalue weighted by atomic mass is 16.1. The highest BCUT2D eigenvalue weighted by Gasteiger charge is 2.22. The summed E-state index contributed by atoms with van der Waals surface area (Å²) in [5.41, 5.74) is 4.98. The summed E-state index contributed by atoms with van der Waals surface area (Å²) in [5, 5.41) is 6.11. The fourth-order valence-corrected chi connectivity index (χ4v) is 3.31. The molecule has 6 nitrogen and oxygen atoms in total. The van der Waals surface area contributed by atoms with E-state index < -0.39 is 0 Å². The number of hydrogen-bond acceptors (Lipinski definition) is 5. The lowest BCUT2D eigenvalue weighted by molar-refractivity contribution is -0.114. The minimum atomic E-state index is -0.0972. The van der Waals surface area contributed by atoms with Gasteiger partial charge in [0, 0.05) is 42.3 Å². The Hall–Kier alpha value is -3.41. The number of fused-ring (bicyclic) bond motifs is 1. The largest absolute Gasteiger partial charge is 0.340 e. The number of carbonyl (C=O) groups excluding carboxylic acids is 1. The molecule has 0 saturated heterocycles. The number of hydrogen-bond donors (Lipinski definition) is 2. The molecule has 0 spiro atoms. The Bertz CT molecular complexity index is 1000. The number of anilines is 5. The van der Waals surface area contributed by atoms with Crippen molar-refractivity contribution in [1.29, 1.82) is 0 Å². The number of aryl methyl sites for hydroxylation is 1. The van der Waals surface area contributed by atoms with Crippen molar-refractivity contribution < 1.29 is 4.79 Å². The molecule has 0 unspecified atom stereocenters. The van der Waals surface area contributed by atoms with E-state index in [2.05, 4.69) is 38.7 Å². The number of aromatic nitrogens is 2. The third-order valence-corrected chi connectivity index (χ3v) is 4.43. The molecule has 0 bridgehead atoms. The van der Waals surface area contributed by atoms with Crippen molar-refractivity contribution in [3.05, 3.63) is 65.9 Å². The quantitative estimate of drug-likeness (QED) is 0.731. The Labute approximate surface area is 158 Å². The third-order valence-electron chi connectivity index (χ3n) is 4.43. The standard InChI is InChI=1S/C21H21N5O/c1-14-12-20(24-18-8-5-7-17(13-18)23-15(2)27)25-21(22-14)26-11-10-16-6-3-4-9-19(16)26/h3-9,12-13H,10-11H2,1-2H3,(H,23,27)(H,22,24,25). The molecule has 1 aromatic heterocycles. The number of carbonyl (C=O) groups is 1. The van der Waals surface area contributed by atoms with Crippen LogP contribution in [0.25, 0.3) is 0 Å². The fraction of sp³-hybridized carbons (Fsp3) is 0.190. The molecule has 6 heteroatoms. The highest BCUT2D eigenvalue weighted by Crippen LogP contribution is 2.33. The Morgan fingerprint density at radius 3 is 2.70 bits per heavy atom. The Kier molecular flexibility index (Phi) is 4.46. The molecule has 1 aliphatic rings. The minimum Gasteiger partial charge on any atom is -0.340 e. The van der Waals surface area contributed by atoms with E-state index in [9.17, 15) is 4.79 Å². The van der Waals surface area contributed by atoms with Crippen LogP contribution in [0, 0.1) is 6.92 Å². The van der Waals surface area contributed by atoms with Gasteiger partial charge in [-0.3, -0.25) is 4.79 Å². The van der Waals surface area contributed by atoms with Crippen molar-refractivity contribution in [3.8, 4) is 0 Å². The van der Waals surface area contributed by atoms with Gasteiger partial charge in [0.25, 0.3) is 0 Å². The zero-order valence-electron chi connectivity index (χ0n) is 15.4. The smallest absolute Gasteiger partial charge is 0.232 e. The predicted octanol–water partition coefficient (Wildman–Crippen LogP) is 4.18. The van der Waals surface area contributed by atoms with E-state index in [1.807, 2.05) is 43.3 Å². The molecular formula is C21H21N5O. The number of rotatable bonds is 4. The molecule has 136 valence electrons. The Balaban J connectivity index is 1.61. The molecule has 1 amide bonds. The molecular weight excluding hydrogens is 338 g/mol. The van der Waals surface area contributed by atoms with Crippen LogP contribution in [0.5, 0.6) is 0 Å². The first-order chi connectivity index (χ1) is 13.1. The van der Waals surface area contributed by atoms with E-state index >= 15 is 0 Å². The lowest BCUT2D eigenvalue weighted by atomic mass is 10.2. The van der Waals surface area contributed by atoms with Crippen molar-refractivity contribution in [1.82, 2.24) is 9.97 Å². The second-order valence-electron chi connectivity index (χ2n) is 6.61. The van der Waals surface area contributed by atoms with Gasteiger partial charge >= 0.3 is 0 Å². The normalized spacial score (nSPS) is 12.6. The van der Waals surface area contributed by atoms with Gasteiger partial charge in [-0.1, -0.05) is 24.3 Å². The van der Waals surface area contributed by atoms with Gasteiger partial charge in [-0.15, -0.1) is 0 Å². The zero-order chi connectivity index (χ0) is 18.8. The monoisotopic (exact) mass is 359 g/mol. The third kappa shape index (κ3) is 3.74. The van der Waals surface area contributed by atoms with E-state index in [0.717, 1.165) is 35.9 Å². The summed E-state index contributed by atoms with van der Waals surface area (Å²) in [4.78, 5) is 22.8. The van der Waals surface area contributed by atoms with Crippen molar-refractivity contribution in [2.24, 2.45) is 0 Å². The van der Waals surface area contributed by atoms with E-state index in [-0.39, 0.29) is 5.91 Å². The Morgan fingerprint density at radius 1 is 1.04 bits per heavy atom. The molecule has 0 atom stereocenters. The van der Waals surface area contributed by atoms with Gasteiger partial charge in [0.2, 0.25) is 11.9 Å². The maximum absolute atomic E-state index is 11.3. The van der Waals surface area contributed by atoms with Crippen molar-refractivity contribution in [2.45, 2.75) is 20.3 Å². The first kappa shape index (κ1) is 17.0. The molecule has 0 saturated carbocycles. The number of para-hydroxylation sites is 1. The molecule has 1 aliphatic heterocycles. The van der Waals surface area contributed by atoms with Crippen LogP contribution < -0.4 is 15.5 Å². The average molecular weight is 359 g/mol. The van der Waals surface area contributed by atoms with Crippen LogP contribution >= 0.6 is 0 Å². The molecule has 4 rings (SSSR count). The van der Waals surface area contributed by atoms with Gasteiger partial charge < -0.3 is 15.5 Å². The van der Waals surface area contributed by atoms with Gasteiger partial charge in [0.15, 0.2) is 0 Å². The number of amides is 1. The zero-order valence-corrected chi connectivity index (χ0v) is 15.4. The van der Waals surface area contributed by atoms with Gasteiger partial charge in [0.1, 0.15) is 5.82 Å². The lowest BCUT2D eigenvalue weighted by Gasteiger charge is -2.19. The van der Waals surface area contributed by atoms with Crippen LogP contribution in [-0.4, -0.2) is 22.4 Å². The van der Waals surface area contributed by atoms with Crippen LogP contribution in [0.2, 0.25) is 0 Å². The fourth-order valence-electron chi connectivity index (χ4n) is 3.31. The van der Waals surface area contributed by atoms with Crippen LogP contribution in [-0.2, 0) is 11.2 Å². The Morgan fingerprint density at radius 2 is 1.85 bits per heavy atom. The van der Waals surface area contributed by atoms with Crippen molar-refractivity contribution in [3.63, 3.8) is 0 Å². The summed E-state index contributed by atoms with van der Waals surface area (Å²) >= 11 is 0. The number of benzene rings is 2. The molecule has 2 N–H and O–H groups in total. The molecule has 27 heavy (non-hydrogen) atoms. The predicted molar refractivity (Wildman–Crippen MR) is 108 cm³/mol. The summed E-state index contributed by atoms with van der Waals surface area (Å²) in [6, 6.07) is 17.8. The summed E-state index contributed by atoms with van der Waals surface area (Å²) in [6.07, 6.45) is 0.995. The van der Waals surface area contributed by atoms with Gasteiger partial charge in [0.05, 0.1) is 0 Å². The summed E-state index contributed by atoms with van der Waals surface area (Å²) in [5.74, 6) is 1.32. The van der Waals surface area contributed by atoms with E-state index in [1.54, 1.807) is 0 Å². The summed E-state index contributed by atoms with van der Waals surface area (Å²) < 4.78 is 0. The molecule has 0 fully saturated rings. The van der Waals surface area contributed by atoms with Crippen LogP contribution in [0.4, 0.5) is 28.8 Å². The minimum absolute atomic E-state index is 0.0972. The summed E-state index contributed by atoms with van der Waals surface area (Å²) in [7, 11) is 0. The van der Waals surface area contributed by atoms with Crippen LogP contribution in [0.3, 0.4) is 0 Å². The van der Waals surface area contributed by atoms with E-state index in [1.165, 1.54) is 18.2 Å². The van der Waals surface area contributed by atoms with Gasteiger partial charge in [-0.2, -0.15) is 4.98 Å². The summed E-state index contributed by atoms with van der Waals surface area (Å²) in [6.45, 7) is 4.33. The highest BCUT2D eigenvalue weighted by molar-refractivity contribution is 5.89. The van der Waals surface area contributed by atoms with Crippen molar-refractivity contribution in [2.75, 3.05) is 22.1 Å². The first-order valence-electron chi connectivity index (χ1n) is 8.94. The number of nitrogens with one attached hydrogen (secondary N) is 2. The average Bonchev–Trinajstić information content (AvgIpc) is 3.05. The number of nitrogens with zero attached hydrogens (tertiary/aromatic N) is 3. The first-order valence-corrected chi connectivity index (χ1v) is 8.94. The maximum atomic E-state index is 11.3. The maximum Gasteiger partial charge on any atom is 0.232 e. The van der Waals surface area contributed by atoms with Gasteiger partial charge in [-0.05, 0) is 43.2 Å². The lowest BCUT2D eigenvalue weighted by Crippen LogP contribution is -2.17. The second-order valence-corrected chi connectivity index (χ2v) is 6.61. The topological polar surface area (TPSA) is 70.2 Å². The molecule has 3 aromatic rings. The van der Waals surface area contributed by atoms with Crippen molar-refractivity contribution >= 4 is 34.7 Å². The molecule has 0 radical (unpaired) electrons. The second kappa shape index (κ2) is 7.07. The SMILES string of the molecule is CC(=O)Nc1cccc(Nc2cc(C)nc(N3CCc4ccccc43)n2)c1. The molecule has 0 aliphatic carbocycles. The van der Waals surface area contributed by atoms with E-state index in [0.29, 0.717) is 5.95 Å².